The highest BCUT2D eigenvalue weighted by molar-refractivity contribution is 7.89. The van der Waals surface area contributed by atoms with Crippen LogP contribution in [0.4, 0.5) is 0 Å². The molecule has 1 saturated carbocycles. The molecule has 1 rings (SSSR count). The van der Waals surface area contributed by atoms with E-state index >= 15 is 0 Å². The Morgan fingerprint density at radius 1 is 1.35 bits per heavy atom. The van der Waals surface area contributed by atoms with Crippen LogP contribution in [0.1, 0.15) is 46.0 Å². The molecule has 1 aliphatic carbocycles. The topological polar surface area (TPSA) is 72.2 Å². The van der Waals surface area contributed by atoms with Crippen LogP contribution in [-0.2, 0) is 10.0 Å². The summed E-state index contributed by atoms with van der Waals surface area (Å²) >= 11 is 0. The first-order valence-electron chi connectivity index (χ1n) is 6.64. The highest BCUT2D eigenvalue weighted by Crippen LogP contribution is 2.29. The van der Waals surface area contributed by atoms with Gasteiger partial charge in [-0.25, -0.2) is 13.1 Å². The lowest BCUT2D eigenvalue weighted by molar-refractivity contribution is 0.306. The van der Waals surface area contributed by atoms with Crippen LogP contribution in [0, 0.1) is 11.8 Å². The van der Waals surface area contributed by atoms with E-state index in [1.807, 2.05) is 13.8 Å². The second-order valence-corrected chi connectivity index (χ2v) is 7.32. The van der Waals surface area contributed by atoms with E-state index in [9.17, 15) is 8.42 Å². The SMILES string of the molecule is CC(C)C(CCN)NS(=O)(=O)CCC1CCC1. The molecule has 0 aliphatic heterocycles. The highest BCUT2D eigenvalue weighted by Gasteiger charge is 2.23. The van der Waals surface area contributed by atoms with Crippen LogP contribution >= 0.6 is 0 Å². The third-order valence-electron chi connectivity index (χ3n) is 3.63. The molecule has 0 aromatic carbocycles. The first-order chi connectivity index (χ1) is 7.94. The van der Waals surface area contributed by atoms with Gasteiger partial charge in [0.2, 0.25) is 10.0 Å². The predicted molar refractivity (Wildman–Crippen MR) is 71.2 cm³/mol. The summed E-state index contributed by atoms with van der Waals surface area (Å²) in [6.07, 6.45) is 5.18. The lowest BCUT2D eigenvalue weighted by Gasteiger charge is -2.26. The van der Waals surface area contributed by atoms with Crippen molar-refractivity contribution < 1.29 is 8.42 Å². The lowest BCUT2D eigenvalue weighted by atomic mass is 9.84. The van der Waals surface area contributed by atoms with Gasteiger partial charge in [-0.15, -0.1) is 0 Å². The van der Waals surface area contributed by atoms with E-state index in [2.05, 4.69) is 4.72 Å². The van der Waals surface area contributed by atoms with Crippen LogP contribution in [0.25, 0.3) is 0 Å². The smallest absolute Gasteiger partial charge is 0.211 e. The van der Waals surface area contributed by atoms with Crippen LogP contribution in [-0.4, -0.2) is 26.8 Å². The Hall–Kier alpha value is -0.130. The summed E-state index contributed by atoms with van der Waals surface area (Å²) < 4.78 is 26.6. The Morgan fingerprint density at radius 2 is 2.00 bits per heavy atom. The average Bonchev–Trinajstić information content (AvgIpc) is 2.13. The summed E-state index contributed by atoms with van der Waals surface area (Å²) in [6, 6.07) is -0.0219. The van der Waals surface area contributed by atoms with Crippen LogP contribution in [0.3, 0.4) is 0 Å². The van der Waals surface area contributed by atoms with Gasteiger partial charge in [0.15, 0.2) is 0 Å². The number of nitrogens with two attached hydrogens (primary N) is 1. The van der Waals surface area contributed by atoms with Crippen molar-refractivity contribution in [2.75, 3.05) is 12.3 Å². The average molecular weight is 262 g/mol. The lowest BCUT2D eigenvalue weighted by Crippen LogP contribution is -2.41. The van der Waals surface area contributed by atoms with Crippen LogP contribution in [0.5, 0.6) is 0 Å². The molecule has 0 spiro atoms. The number of nitrogens with one attached hydrogen (secondary N) is 1. The molecule has 5 heteroatoms. The van der Waals surface area contributed by atoms with E-state index in [0.29, 0.717) is 18.9 Å². The largest absolute Gasteiger partial charge is 0.330 e. The van der Waals surface area contributed by atoms with Crippen LogP contribution in [0.2, 0.25) is 0 Å². The molecule has 0 bridgehead atoms. The van der Waals surface area contributed by atoms with Crippen molar-refractivity contribution in [2.45, 2.75) is 52.0 Å². The molecule has 0 aromatic heterocycles. The zero-order chi connectivity index (χ0) is 12.9. The fourth-order valence-corrected chi connectivity index (χ4v) is 3.71. The van der Waals surface area contributed by atoms with Crippen LogP contribution < -0.4 is 10.5 Å². The maximum atomic E-state index is 11.9. The van der Waals surface area contributed by atoms with Gasteiger partial charge in [-0.05, 0) is 31.2 Å². The first-order valence-corrected chi connectivity index (χ1v) is 8.30. The van der Waals surface area contributed by atoms with Gasteiger partial charge in [0.1, 0.15) is 0 Å². The van der Waals surface area contributed by atoms with Gasteiger partial charge in [0, 0.05) is 6.04 Å². The molecule has 0 heterocycles. The summed E-state index contributed by atoms with van der Waals surface area (Å²) in [5.74, 6) is 1.20. The quantitative estimate of drug-likeness (QED) is 0.696. The number of hydrogen-bond donors (Lipinski definition) is 2. The Balaban J connectivity index is 2.39. The molecule has 0 amide bonds. The van der Waals surface area contributed by atoms with E-state index in [1.165, 1.54) is 19.3 Å². The van der Waals surface area contributed by atoms with Crippen molar-refractivity contribution in [3.63, 3.8) is 0 Å². The summed E-state index contributed by atoms with van der Waals surface area (Å²) in [7, 11) is -3.12. The van der Waals surface area contributed by atoms with Crippen molar-refractivity contribution in [3.05, 3.63) is 0 Å². The van der Waals surface area contributed by atoms with Gasteiger partial charge < -0.3 is 5.73 Å². The Morgan fingerprint density at radius 3 is 2.41 bits per heavy atom. The number of hydrogen-bond acceptors (Lipinski definition) is 3. The first kappa shape index (κ1) is 14.9. The van der Waals surface area contributed by atoms with Gasteiger partial charge in [-0.1, -0.05) is 33.1 Å². The van der Waals surface area contributed by atoms with Crippen molar-refractivity contribution in [2.24, 2.45) is 17.6 Å². The molecular formula is C12H26N2O2S. The van der Waals surface area contributed by atoms with E-state index < -0.39 is 10.0 Å². The molecule has 4 nitrogen and oxygen atoms in total. The summed E-state index contributed by atoms with van der Waals surface area (Å²) in [6.45, 7) is 4.57. The zero-order valence-corrected chi connectivity index (χ0v) is 11.8. The van der Waals surface area contributed by atoms with Crippen molar-refractivity contribution in [1.29, 1.82) is 0 Å². The van der Waals surface area contributed by atoms with Crippen molar-refractivity contribution in [3.8, 4) is 0 Å². The van der Waals surface area contributed by atoms with Gasteiger partial charge in [-0.3, -0.25) is 0 Å². The van der Waals surface area contributed by atoms with E-state index in [-0.39, 0.29) is 17.7 Å². The fraction of sp³-hybridized carbons (Fsp3) is 1.00. The molecule has 102 valence electrons. The minimum atomic E-state index is -3.12. The molecule has 0 radical (unpaired) electrons. The number of sulfonamides is 1. The van der Waals surface area contributed by atoms with Gasteiger partial charge in [-0.2, -0.15) is 0 Å². The fourth-order valence-electron chi connectivity index (χ4n) is 2.10. The van der Waals surface area contributed by atoms with E-state index in [0.717, 1.165) is 6.42 Å². The highest BCUT2D eigenvalue weighted by atomic mass is 32.2. The minimum absolute atomic E-state index is 0.0219. The number of rotatable bonds is 8. The monoisotopic (exact) mass is 262 g/mol. The molecule has 17 heavy (non-hydrogen) atoms. The standard InChI is InChI=1S/C12H26N2O2S/c1-10(2)12(6-8-13)14-17(15,16)9-7-11-4-3-5-11/h10-12,14H,3-9,13H2,1-2H3. The maximum Gasteiger partial charge on any atom is 0.211 e. The Bertz CT molecular complexity index is 310. The predicted octanol–water partition coefficient (Wildman–Crippen LogP) is 1.47. The molecule has 0 aromatic rings. The van der Waals surface area contributed by atoms with Crippen LogP contribution in [0.15, 0.2) is 0 Å². The molecule has 1 atom stereocenters. The second-order valence-electron chi connectivity index (χ2n) is 5.45. The van der Waals surface area contributed by atoms with Crippen molar-refractivity contribution >= 4 is 10.0 Å². The third-order valence-corrected chi connectivity index (χ3v) is 5.07. The van der Waals surface area contributed by atoms with Gasteiger partial charge in [0.25, 0.3) is 0 Å². The Labute approximate surface area is 105 Å². The molecule has 1 fully saturated rings. The summed E-state index contributed by atoms with van der Waals surface area (Å²) in [5, 5.41) is 0. The van der Waals surface area contributed by atoms with Crippen molar-refractivity contribution in [1.82, 2.24) is 4.72 Å². The minimum Gasteiger partial charge on any atom is -0.330 e. The molecular weight excluding hydrogens is 236 g/mol. The molecule has 0 saturated heterocycles. The summed E-state index contributed by atoms with van der Waals surface area (Å²) in [5.41, 5.74) is 5.50. The molecule has 1 aliphatic rings. The second kappa shape index (κ2) is 6.71. The van der Waals surface area contributed by atoms with Gasteiger partial charge >= 0.3 is 0 Å². The third kappa shape index (κ3) is 5.36. The van der Waals surface area contributed by atoms with Gasteiger partial charge in [0.05, 0.1) is 5.75 Å². The summed E-state index contributed by atoms with van der Waals surface area (Å²) in [4.78, 5) is 0. The molecule has 3 N–H and O–H groups in total. The zero-order valence-electron chi connectivity index (χ0n) is 11.0. The normalized spacial score (nSPS) is 19.3. The van der Waals surface area contributed by atoms with E-state index in [1.54, 1.807) is 0 Å². The van der Waals surface area contributed by atoms with E-state index in [4.69, 9.17) is 5.73 Å². The molecule has 1 unspecified atom stereocenters. The Kier molecular flexibility index (Phi) is 5.89. The maximum absolute atomic E-state index is 11.9.